The second-order valence-electron chi connectivity index (χ2n) is 6.89. The molecule has 1 saturated heterocycles. The smallest absolute Gasteiger partial charge is 0.251 e. The van der Waals surface area contributed by atoms with Crippen molar-refractivity contribution in [1.82, 2.24) is 15.5 Å². The number of hydrogen-bond donors (Lipinski definition) is 2. The van der Waals surface area contributed by atoms with Crippen molar-refractivity contribution in [2.24, 2.45) is 5.92 Å². The fraction of sp³-hybridized carbons (Fsp3) is 0.526. The topological polar surface area (TPSA) is 78.5 Å². The first-order valence-electron chi connectivity index (χ1n) is 8.72. The lowest BCUT2D eigenvalue weighted by Crippen LogP contribution is -2.39. The zero-order chi connectivity index (χ0) is 18.6. The maximum atomic E-state index is 12.2. The molecule has 1 heterocycles. The summed E-state index contributed by atoms with van der Waals surface area (Å²) in [6.45, 7) is 9.03. The van der Waals surface area contributed by atoms with Crippen LogP contribution >= 0.6 is 0 Å². The van der Waals surface area contributed by atoms with E-state index in [0.29, 0.717) is 25.2 Å². The van der Waals surface area contributed by atoms with Crippen LogP contribution in [-0.4, -0.2) is 48.3 Å². The Balaban J connectivity index is 1.74. The van der Waals surface area contributed by atoms with E-state index in [1.807, 2.05) is 39.8 Å². The average Bonchev–Trinajstić information content (AvgIpc) is 2.96. The Morgan fingerprint density at radius 3 is 2.44 bits per heavy atom. The van der Waals surface area contributed by atoms with E-state index in [4.69, 9.17) is 0 Å². The molecule has 1 fully saturated rings. The molecule has 0 aliphatic carbocycles. The van der Waals surface area contributed by atoms with Gasteiger partial charge in [-0.15, -0.1) is 0 Å². The molecule has 136 valence electrons. The van der Waals surface area contributed by atoms with Gasteiger partial charge in [0.25, 0.3) is 5.91 Å². The van der Waals surface area contributed by atoms with Crippen molar-refractivity contribution in [2.75, 3.05) is 19.6 Å². The lowest BCUT2D eigenvalue weighted by Gasteiger charge is -2.20. The number of hydrogen-bond acceptors (Lipinski definition) is 3. The molecule has 1 aromatic rings. The molecule has 6 heteroatoms. The summed E-state index contributed by atoms with van der Waals surface area (Å²) >= 11 is 0. The molecule has 2 N–H and O–H groups in total. The lowest BCUT2D eigenvalue weighted by molar-refractivity contribution is -0.129. The van der Waals surface area contributed by atoms with Gasteiger partial charge in [0.2, 0.25) is 11.8 Å². The number of nitrogens with zero attached hydrogens (tertiary/aromatic N) is 1. The van der Waals surface area contributed by atoms with Crippen LogP contribution in [0.5, 0.6) is 0 Å². The molecule has 25 heavy (non-hydrogen) atoms. The summed E-state index contributed by atoms with van der Waals surface area (Å²) in [6.07, 6.45) is 0.263. The number of carbonyl (C=O) groups excluding carboxylic acids is 3. The summed E-state index contributed by atoms with van der Waals surface area (Å²) in [6, 6.07) is 5.68. The van der Waals surface area contributed by atoms with Crippen molar-refractivity contribution >= 4 is 17.7 Å². The molecule has 1 aliphatic heterocycles. The Bertz CT molecular complexity index is 670. The molecule has 1 unspecified atom stereocenters. The highest BCUT2D eigenvalue weighted by Gasteiger charge is 2.35. The van der Waals surface area contributed by atoms with Gasteiger partial charge in [0.15, 0.2) is 0 Å². The van der Waals surface area contributed by atoms with Gasteiger partial charge in [-0.2, -0.15) is 0 Å². The Morgan fingerprint density at radius 2 is 1.84 bits per heavy atom. The Hall–Kier alpha value is -2.37. The largest absolute Gasteiger partial charge is 0.354 e. The minimum Gasteiger partial charge on any atom is -0.354 e. The summed E-state index contributed by atoms with van der Waals surface area (Å²) in [5.74, 6) is -0.556. The third-order valence-electron chi connectivity index (χ3n) is 4.63. The molecule has 0 saturated carbocycles. The van der Waals surface area contributed by atoms with Crippen LogP contribution in [0.4, 0.5) is 0 Å². The van der Waals surface area contributed by atoms with Crippen LogP contribution < -0.4 is 10.6 Å². The zero-order valence-corrected chi connectivity index (χ0v) is 15.4. The minimum absolute atomic E-state index is 0.0261. The third-order valence-corrected chi connectivity index (χ3v) is 4.63. The quantitative estimate of drug-likeness (QED) is 0.765. The lowest BCUT2D eigenvalue weighted by atomic mass is 10.1. The molecule has 0 bridgehead atoms. The van der Waals surface area contributed by atoms with Gasteiger partial charge in [-0.3, -0.25) is 14.4 Å². The van der Waals surface area contributed by atoms with E-state index in [2.05, 4.69) is 10.6 Å². The molecule has 1 aliphatic rings. The molecule has 0 radical (unpaired) electrons. The van der Waals surface area contributed by atoms with E-state index in [0.717, 1.165) is 11.1 Å². The number of amides is 3. The van der Waals surface area contributed by atoms with E-state index < -0.39 is 0 Å². The van der Waals surface area contributed by atoms with Crippen molar-refractivity contribution in [3.63, 3.8) is 0 Å². The fourth-order valence-electron chi connectivity index (χ4n) is 2.90. The van der Waals surface area contributed by atoms with Gasteiger partial charge >= 0.3 is 0 Å². The summed E-state index contributed by atoms with van der Waals surface area (Å²) < 4.78 is 0. The zero-order valence-electron chi connectivity index (χ0n) is 15.4. The predicted molar refractivity (Wildman–Crippen MR) is 96.2 cm³/mol. The average molecular weight is 345 g/mol. The molecule has 3 amide bonds. The Morgan fingerprint density at radius 1 is 1.16 bits per heavy atom. The summed E-state index contributed by atoms with van der Waals surface area (Å²) in [5, 5.41) is 5.60. The van der Waals surface area contributed by atoms with E-state index in [-0.39, 0.29) is 36.1 Å². The predicted octanol–water partition coefficient (Wildman–Crippen LogP) is 1.41. The molecular weight excluding hydrogens is 318 g/mol. The summed E-state index contributed by atoms with van der Waals surface area (Å²) in [5.41, 5.74) is 2.83. The molecular formula is C19H27N3O3. The van der Waals surface area contributed by atoms with Crippen LogP contribution in [-0.2, 0) is 9.59 Å². The number of likely N-dealkylation sites (tertiary alicyclic amines) is 1. The van der Waals surface area contributed by atoms with Gasteiger partial charge in [0, 0.05) is 37.7 Å². The van der Waals surface area contributed by atoms with Crippen LogP contribution in [0.3, 0.4) is 0 Å². The molecule has 2 rings (SSSR count). The van der Waals surface area contributed by atoms with Crippen molar-refractivity contribution < 1.29 is 14.4 Å². The number of rotatable bonds is 6. The highest BCUT2D eigenvalue weighted by molar-refractivity contribution is 5.94. The maximum Gasteiger partial charge on any atom is 0.251 e. The standard InChI is InChI=1S/C19H27N3O3/c1-12(2)22-11-16(10-17(22)23)19(25)21-8-7-20-18(24)15-6-5-13(3)14(4)9-15/h5-6,9,12,16H,7-8,10-11H2,1-4H3,(H,20,24)(H,21,25). The highest BCUT2D eigenvalue weighted by Crippen LogP contribution is 2.20. The third kappa shape index (κ3) is 4.81. The van der Waals surface area contributed by atoms with E-state index in [9.17, 15) is 14.4 Å². The number of nitrogens with one attached hydrogen (secondary N) is 2. The SMILES string of the molecule is Cc1ccc(C(=O)NCCNC(=O)C2CC(=O)N(C(C)C)C2)cc1C. The van der Waals surface area contributed by atoms with Crippen LogP contribution in [0.1, 0.15) is 41.8 Å². The number of carbonyl (C=O) groups is 3. The Labute approximate surface area is 149 Å². The Kier molecular flexibility index (Phi) is 6.17. The molecule has 6 nitrogen and oxygen atoms in total. The van der Waals surface area contributed by atoms with E-state index in [1.54, 1.807) is 11.0 Å². The van der Waals surface area contributed by atoms with Gasteiger partial charge in [-0.1, -0.05) is 6.07 Å². The maximum absolute atomic E-state index is 12.2. The normalized spacial score (nSPS) is 17.1. The first-order valence-corrected chi connectivity index (χ1v) is 8.72. The van der Waals surface area contributed by atoms with Crippen LogP contribution in [0, 0.1) is 19.8 Å². The second-order valence-corrected chi connectivity index (χ2v) is 6.89. The second kappa shape index (κ2) is 8.14. The van der Waals surface area contributed by atoms with Gasteiger partial charge in [-0.25, -0.2) is 0 Å². The van der Waals surface area contributed by atoms with Crippen molar-refractivity contribution in [1.29, 1.82) is 0 Å². The van der Waals surface area contributed by atoms with Gasteiger partial charge in [0.1, 0.15) is 0 Å². The molecule has 0 spiro atoms. The fourth-order valence-corrected chi connectivity index (χ4v) is 2.90. The van der Waals surface area contributed by atoms with Crippen molar-refractivity contribution in [2.45, 2.75) is 40.2 Å². The summed E-state index contributed by atoms with van der Waals surface area (Å²) in [7, 11) is 0. The summed E-state index contributed by atoms with van der Waals surface area (Å²) in [4.78, 5) is 37.8. The number of benzene rings is 1. The van der Waals surface area contributed by atoms with Crippen LogP contribution in [0.2, 0.25) is 0 Å². The minimum atomic E-state index is -0.301. The van der Waals surface area contributed by atoms with Crippen molar-refractivity contribution in [3.05, 3.63) is 34.9 Å². The molecule has 0 aromatic heterocycles. The molecule has 1 atom stereocenters. The highest BCUT2D eigenvalue weighted by atomic mass is 16.2. The number of aryl methyl sites for hydroxylation is 2. The van der Waals surface area contributed by atoms with Crippen LogP contribution in [0.15, 0.2) is 18.2 Å². The monoisotopic (exact) mass is 345 g/mol. The van der Waals surface area contributed by atoms with Crippen molar-refractivity contribution in [3.8, 4) is 0 Å². The van der Waals surface area contributed by atoms with Gasteiger partial charge in [0.05, 0.1) is 5.92 Å². The first-order chi connectivity index (χ1) is 11.8. The molecule has 1 aromatic carbocycles. The van der Waals surface area contributed by atoms with Crippen LogP contribution in [0.25, 0.3) is 0 Å². The van der Waals surface area contributed by atoms with Gasteiger partial charge < -0.3 is 15.5 Å². The van der Waals surface area contributed by atoms with Gasteiger partial charge in [-0.05, 0) is 51.0 Å². The van der Waals surface area contributed by atoms with E-state index in [1.165, 1.54) is 0 Å². The first kappa shape index (κ1) is 19.0. The van der Waals surface area contributed by atoms with E-state index >= 15 is 0 Å².